The van der Waals surface area contributed by atoms with E-state index in [1.807, 2.05) is 0 Å². The van der Waals surface area contributed by atoms with Gasteiger partial charge < -0.3 is 20.1 Å². The Kier molecular flexibility index (Phi) is 4.74. The topological polar surface area (TPSA) is 61.8 Å². The first-order chi connectivity index (χ1) is 8.56. The quantitative estimate of drug-likeness (QED) is 0.717. The minimum absolute atomic E-state index is 0.0180. The zero-order chi connectivity index (χ0) is 13.7. The van der Waals surface area contributed by atoms with Gasteiger partial charge in [0, 0.05) is 18.8 Å². The third-order valence-electron chi connectivity index (χ3n) is 2.65. The van der Waals surface area contributed by atoms with E-state index >= 15 is 0 Å². The van der Waals surface area contributed by atoms with E-state index in [-0.39, 0.29) is 11.7 Å². The maximum Gasteiger partial charge on any atom is 0.255 e. The molecule has 0 saturated heterocycles. The van der Waals surface area contributed by atoms with Gasteiger partial charge in [0.1, 0.15) is 0 Å². The van der Waals surface area contributed by atoms with Crippen LogP contribution in [0, 0.1) is 0 Å². The summed E-state index contributed by atoms with van der Waals surface area (Å²) >= 11 is 0. The summed E-state index contributed by atoms with van der Waals surface area (Å²) < 4.78 is 5.01. The standard InChI is InChI=1S/C13H18N2O3/c1-5-6-7-15(3)13(17)9-8-10(18-4)12(16)11(9)14-2/h5-8,11,14,16H,1H2,2-4H3/b7-6+. The van der Waals surface area contributed by atoms with Crippen molar-refractivity contribution < 1.29 is 14.6 Å². The molecule has 0 aliphatic heterocycles. The molecule has 1 aliphatic rings. The highest BCUT2D eigenvalue weighted by atomic mass is 16.5. The van der Waals surface area contributed by atoms with E-state index in [9.17, 15) is 9.90 Å². The number of nitrogens with zero attached hydrogens (tertiary/aromatic N) is 1. The Morgan fingerprint density at radius 3 is 2.83 bits per heavy atom. The smallest absolute Gasteiger partial charge is 0.255 e. The monoisotopic (exact) mass is 250 g/mol. The number of aliphatic hydroxyl groups is 1. The van der Waals surface area contributed by atoms with E-state index in [0.717, 1.165) is 0 Å². The van der Waals surface area contributed by atoms with Crippen LogP contribution >= 0.6 is 0 Å². The van der Waals surface area contributed by atoms with Crippen LogP contribution in [0.1, 0.15) is 0 Å². The fourth-order valence-electron chi connectivity index (χ4n) is 1.69. The Morgan fingerprint density at radius 2 is 2.33 bits per heavy atom. The van der Waals surface area contributed by atoms with E-state index < -0.39 is 6.04 Å². The van der Waals surface area contributed by atoms with Crippen LogP contribution in [-0.2, 0) is 9.53 Å². The van der Waals surface area contributed by atoms with Crippen LogP contribution in [0.15, 0.2) is 48.1 Å². The van der Waals surface area contributed by atoms with Crippen LogP contribution in [0.3, 0.4) is 0 Å². The molecule has 0 saturated carbocycles. The molecule has 98 valence electrons. The second kappa shape index (κ2) is 6.07. The first-order valence-corrected chi connectivity index (χ1v) is 5.49. The number of rotatable bonds is 5. The number of hydrogen-bond donors (Lipinski definition) is 2. The normalized spacial score (nSPS) is 19.1. The number of ether oxygens (including phenoxy) is 1. The summed E-state index contributed by atoms with van der Waals surface area (Å²) in [5, 5.41) is 12.7. The van der Waals surface area contributed by atoms with E-state index in [2.05, 4.69) is 11.9 Å². The van der Waals surface area contributed by atoms with Gasteiger partial charge in [0.2, 0.25) is 0 Å². The Labute approximate surface area is 107 Å². The number of methoxy groups -OCH3 is 1. The Morgan fingerprint density at radius 1 is 1.67 bits per heavy atom. The predicted molar refractivity (Wildman–Crippen MR) is 69.7 cm³/mol. The average molecular weight is 250 g/mol. The van der Waals surface area contributed by atoms with Gasteiger partial charge in [0.25, 0.3) is 5.91 Å². The number of nitrogens with one attached hydrogen (secondary N) is 1. The Bertz CT molecular complexity index is 436. The SMILES string of the molecule is C=C/C=C/N(C)C(=O)C1=CC(OC)=C(O)C1NC. The van der Waals surface area contributed by atoms with Gasteiger partial charge >= 0.3 is 0 Å². The summed E-state index contributed by atoms with van der Waals surface area (Å²) in [7, 11) is 4.75. The van der Waals surface area contributed by atoms with Gasteiger partial charge in [0.15, 0.2) is 11.5 Å². The van der Waals surface area contributed by atoms with Gasteiger partial charge in [-0.2, -0.15) is 0 Å². The number of allylic oxidation sites excluding steroid dienone is 3. The lowest BCUT2D eigenvalue weighted by molar-refractivity contribution is -0.123. The van der Waals surface area contributed by atoms with E-state index in [4.69, 9.17) is 4.74 Å². The van der Waals surface area contributed by atoms with Gasteiger partial charge in [-0.15, -0.1) is 0 Å². The maximum atomic E-state index is 12.2. The number of hydrogen-bond acceptors (Lipinski definition) is 4. The zero-order valence-electron chi connectivity index (χ0n) is 10.8. The molecule has 1 unspecified atom stereocenters. The van der Waals surface area contributed by atoms with Gasteiger partial charge in [-0.25, -0.2) is 0 Å². The molecular weight excluding hydrogens is 232 g/mol. The first kappa shape index (κ1) is 14.1. The van der Waals surface area contributed by atoms with Crippen molar-refractivity contribution in [3.05, 3.63) is 48.1 Å². The van der Waals surface area contributed by atoms with Crippen LogP contribution in [0.25, 0.3) is 0 Å². The molecule has 0 aromatic carbocycles. The Hall–Kier alpha value is -2.01. The highest BCUT2D eigenvalue weighted by molar-refractivity contribution is 5.97. The summed E-state index contributed by atoms with van der Waals surface area (Å²) in [5.74, 6) is 0.106. The minimum atomic E-state index is -0.535. The second-order valence-corrected chi connectivity index (χ2v) is 3.77. The van der Waals surface area contributed by atoms with Crippen molar-refractivity contribution in [2.75, 3.05) is 21.2 Å². The van der Waals surface area contributed by atoms with Crippen molar-refractivity contribution in [1.29, 1.82) is 0 Å². The lowest BCUT2D eigenvalue weighted by Crippen LogP contribution is -2.35. The van der Waals surface area contributed by atoms with Crippen molar-refractivity contribution in [2.24, 2.45) is 0 Å². The number of carbonyl (C=O) groups is 1. The molecule has 1 aliphatic carbocycles. The maximum absolute atomic E-state index is 12.2. The van der Waals surface area contributed by atoms with Gasteiger partial charge in [-0.3, -0.25) is 4.79 Å². The van der Waals surface area contributed by atoms with Crippen LogP contribution < -0.4 is 5.32 Å². The second-order valence-electron chi connectivity index (χ2n) is 3.77. The molecule has 0 heterocycles. The molecule has 5 heteroatoms. The van der Waals surface area contributed by atoms with Crippen LogP contribution in [0.2, 0.25) is 0 Å². The zero-order valence-corrected chi connectivity index (χ0v) is 10.8. The Balaban J connectivity index is 2.94. The average Bonchev–Trinajstić information content (AvgIpc) is 2.71. The summed E-state index contributed by atoms with van der Waals surface area (Å²) in [6.45, 7) is 3.54. The molecule has 2 N–H and O–H groups in total. The van der Waals surface area contributed by atoms with Crippen molar-refractivity contribution in [2.45, 2.75) is 6.04 Å². The fourth-order valence-corrected chi connectivity index (χ4v) is 1.69. The molecule has 0 spiro atoms. The highest BCUT2D eigenvalue weighted by Gasteiger charge is 2.32. The molecule has 1 rings (SSSR count). The lowest BCUT2D eigenvalue weighted by atomic mass is 10.1. The molecule has 1 amide bonds. The van der Waals surface area contributed by atoms with Crippen LogP contribution in [0.4, 0.5) is 0 Å². The molecule has 18 heavy (non-hydrogen) atoms. The van der Waals surface area contributed by atoms with Crippen molar-refractivity contribution in [3.8, 4) is 0 Å². The van der Waals surface area contributed by atoms with Crippen LogP contribution in [0.5, 0.6) is 0 Å². The molecule has 5 nitrogen and oxygen atoms in total. The van der Waals surface area contributed by atoms with E-state index in [1.54, 1.807) is 32.4 Å². The number of aliphatic hydroxyl groups excluding tert-OH is 1. The van der Waals surface area contributed by atoms with Crippen molar-refractivity contribution in [3.63, 3.8) is 0 Å². The van der Waals surface area contributed by atoms with Gasteiger partial charge in [0.05, 0.1) is 13.2 Å². The number of likely N-dealkylation sites (N-methyl/N-ethyl adjacent to an activating group) is 2. The third kappa shape index (κ3) is 2.62. The lowest BCUT2D eigenvalue weighted by Gasteiger charge is -2.18. The summed E-state index contributed by atoms with van der Waals surface area (Å²) in [4.78, 5) is 13.6. The molecule has 0 fully saturated rings. The van der Waals surface area contributed by atoms with Crippen LogP contribution in [-0.4, -0.2) is 43.2 Å². The molecule has 0 bridgehead atoms. The predicted octanol–water partition coefficient (Wildman–Crippen LogP) is 1.09. The van der Waals surface area contributed by atoms with E-state index in [0.29, 0.717) is 11.3 Å². The number of amides is 1. The summed E-state index contributed by atoms with van der Waals surface area (Å²) in [6, 6.07) is -0.535. The largest absolute Gasteiger partial charge is 0.507 e. The third-order valence-corrected chi connectivity index (χ3v) is 2.65. The van der Waals surface area contributed by atoms with Crippen molar-refractivity contribution in [1.82, 2.24) is 10.2 Å². The molecule has 0 aromatic rings. The summed E-state index contributed by atoms with van der Waals surface area (Å²) in [5.41, 5.74) is 0.433. The fraction of sp³-hybridized carbons (Fsp3) is 0.308. The van der Waals surface area contributed by atoms with Crippen molar-refractivity contribution >= 4 is 5.91 Å². The molecule has 0 aromatic heterocycles. The van der Waals surface area contributed by atoms with Gasteiger partial charge in [-0.1, -0.05) is 12.7 Å². The molecule has 0 radical (unpaired) electrons. The van der Waals surface area contributed by atoms with E-state index in [1.165, 1.54) is 18.1 Å². The molecule has 1 atom stereocenters. The minimum Gasteiger partial charge on any atom is -0.507 e. The van der Waals surface area contributed by atoms with Gasteiger partial charge in [-0.05, 0) is 19.2 Å². The highest BCUT2D eigenvalue weighted by Crippen LogP contribution is 2.25. The summed E-state index contributed by atoms with van der Waals surface area (Å²) in [6.07, 6.45) is 6.38. The first-order valence-electron chi connectivity index (χ1n) is 5.49. The molecular formula is C13H18N2O3. The number of carbonyl (C=O) groups excluding carboxylic acids is 1.